The van der Waals surface area contributed by atoms with Crippen LogP contribution in [0.15, 0.2) is 29.2 Å². The number of rotatable bonds is 4. The third kappa shape index (κ3) is 3.61. The molecule has 3 rings (SSSR count). The minimum Gasteiger partial charge on any atom is -0.462 e. The molecule has 0 N–H and O–H groups in total. The van der Waals surface area contributed by atoms with Gasteiger partial charge in [-0.3, -0.25) is 4.79 Å². The van der Waals surface area contributed by atoms with Gasteiger partial charge in [-0.05, 0) is 52.4 Å². The zero-order valence-electron chi connectivity index (χ0n) is 15.2. The van der Waals surface area contributed by atoms with Crippen molar-refractivity contribution in [3.8, 4) is 0 Å². The van der Waals surface area contributed by atoms with Crippen molar-refractivity contribution in [2.75, 3.05) is 20.2 Å². The molecule has 1 atom stereocenters. The maximum atomic E-state index is 12.8. The average molecular weight is 342 g/mol. The SMILES string of the molecule is CCOC(=O)c1cn(CC2CCCCN2C)c2ccc(C)cc2c1=O. The minimum absolute atomic E-state index is 0.124. The average Bonchev–Trinajstić information content (AvgIpc) is 2.59. The summed E-state index contributed by atoms with van der Waals surface area (Å²) in [7, 11) is 2.14. The van der Waals surface area contributed by atoms with Crippen molar-refractivity contribution in [3.63, 3.8) is 0 Å². The topological polar surface area (TPSA) is 51.5 Å². The Morgan fingerprint density at radius 2 is 2.12 bits per heavy atom. The van der Waals surface area contributed by atoms with Crippen LogP contribution in [0.1, 0.15) is 42.1 Å². The van der Waals surface area contributed by atoms with Crippen LogP contribution in [-0.4, -0.2) is 41.7 Å². The molecule has 0 saturated carbocycles. The number of hydrogen-bond donors (Lipinski definition) is 0. The van der Waals surface area contributed by atoms with Crippen molar-refractivity contribution in [1.82, 2.24) is 9.47 Å². The second-order valence-electron chi connectivity index (χ2n) is 6.90. The number of likely N-dealkylation sites (tertiary alicyclic amines) is 1. The summed E-state index contributed by atoms with van der Waals surface area (Å²) in [5.41, 5.74) is 1.76. The van der Waals surface area contributed by atoms with Gasteiger partial charge in [0, 0.05) is 24.2 Å². The van der Waals surface area contributed by atoms with Gasteiger partial charge in [0.15, 0.2) is 0 Å². The Kier molecular flexibility index (Phi) is 5.23. The maximum absolute atomic E-state index is 12.8. The van der Waals surface area contributed by atoms with E-state index in [4.69, 9.17) is 4.74 Å². The third-order valence-electron chi connectivity index (χ3n) is 5.06. The number of carbonyl (C=O) groups is 1. The quantitative estimate of drug-likeness (QED) is 0.802. The zero-order chi connectivity index (χ0) is 18.0. The van der Waals surface area contributed by atoms with Crippen LogP contribution in [0.2, 0.25) is 0 Å². The number of aromatic nitrogens is 1. The Balaban J connectivity index is 2.10. The van der Waals surface area contributed by atoms with E-state index in [1.54, 1.807) is 13.1 Å². The molecule has 1 aromatic carbocycles. The Hall–Kier alpha value is -2.14. The largest absolute Gasteiger partial charge is 0.462 e. The lowest BCUT2D eigenvalue weighted by atomic mass is 10.0. The highest BCUT2D eigenvalue weighted by Gasteiger charge is 2.22. The fourth-order valence-corrected chi connectivity index (χ4v) is 3.62. The van der Waals surface area contributed by atoms with Gasteiger partial charge in [-0.1, -0.05) is 18.1 Å². The molecule has 0 radical (unpaired) electrons. The number of esters is 1. The van der Waals surface area contributed by atoms with Gasteiger partial charge in [-0.2, -0.15) is 0 Å². The van der Waals surface area contributed by atoms with Crippen molar-refractivity contribution in [3.05, 3.63) is 45.7 Å². The molecule has 0 aliphatic carbocycles. The van der Waals surface area contributed by atoms with Gasteiger partial charge < -0.3 is 14.2 Å². The summed E-state index contributed by atoms with van der Waals surface area (Å²) in [4.78, 5) is 27.4. The molecule has 1 saturated heterocycles. The maximum Gasteiger partial charge on any atom is 0.343 e. The van der Waals surface area contributed by atoms with E-state index in [9.17, 15) is 9.59 Å². The fraction of sp³-hybridized carbons (Fsp3) is 0.500. The lowest BCUT2D eigenvalue weighted by molar-refractivity contribution is 0.0524. The number of pyridine rings is 1. The molecule has 1 unspecified atom stereocenters. The highest BCUT2D eigenvalue weighted by atomic mass is 16.5. The zero-order valence-corrected chi connectivity index (χ0v) is 15.2. The normalized spacial score (nSPS) is 18.4. The highest BCUT2D eigenvalue weighted by molar-refractivity contribution is 5.93. The number of benzene rings is 1. The lowest BCUT2D eigenvalue weighted by Crippen LogP contribution is -2.39. The molecule has 5 nitrogen and oxygen atoms in total. The van der Waals surface area contributed by atoms with Gasteiger partial charge in [-0.15, -0.1) is 0 Å². The molecule has 2 heterocycles. The molecule has 1 aromatic heterocycles. The van der Waals surface area contributed by atoms with Crippen molar-refractivity contribution in [2.45, 2.75) is 45.7 Å². The van der Waals surface area contributed by atoms with Crippen LogP contribution in [0.3, 0.4) is 0 Å². The first-order chi connectivity index (χ1) is 12.0. The second-order valence-corrected chi connectivity index (χ2v) is 6.90. The van der Waals surface area contributed by atoms with Crippen LogP contribution in [0.4, 0.5) is 0 Å². The molecule has 0 bridgehead atoms. The van der Waals surface area contributed by atoms with Crippen molar-refractivity contribution < 1.29 is 9.53 Å². The molecule has 1 fully saturated rings. The summed E-state index contributed by atoms with van der Waals surface area (Å²) >= 11 is 0. The highest BCUT2D eigenvalue weighted by Crippen LogP contribution is 2.20. The van der Waals surface area contributed by atoms with Crippen LogP contribution in [-0.2, 0) is 11.3 Å². The van der Waals surface area contributed by atoms with Crippen LogP contribution in [0.25, 0.3) is 10.9 Å². The van der Waals surface area contributed by atoms with E-state index in [1.807, 2.05) is 25.1 Å². The van der Waals surface area contributed by atoms with Crippen molar-refractivity contribution in [1.29, 1.82) is 0 Å². The molecule has 0 amide bonds. The smallest absolute Gasteiger partial charge is 0.343 e. The molecule has 2 aromatic rings. The number of fused-ring (bicyclic) bond motifs is 1. The van der Waals surface area contributed by atoms with Crippen LogP contribution < -0.4 is 5.43 Å². The Labute approximate surface area is 148 Å². The number of likely N-dealkylation sites (N-methyl/N-ethyl adjacent to an activating group) is 1. The summed E-state index contributed by atoms with van der Waals surface area (Å²) in [6, 6.07) is 6.26. The van der Waals surface area contributed by atoms with E-state index in [1.165, 1.54) is 12.8 Å². The van der Waals surface area contributed by atoms with Gasteiger partial charge in [-0.25, -0.2) is 4.79 Å². The third-order valence-corrected chi connectivity index (χ3v) is 5.06. The van der Waals surface area contributed by atoms with Crippen LogP contribution >= 0.6 is 0 Å². The van der Waals surface area contributed by atoms with E-state index in [0.717, 1.165) is 30.6 Å². The number of hydrogen-bond acceptors (Lipinski definition) is 4. The molecular formula is C20H26N2O3. The number of ether oxygens (including phenoxy) is 1. The molecule has 1 aliphatic rings. The minimum atomic E-state index is -0.540. The predicted molar refractivity (Wildman–Crippen MR) is 99.2 cm³/mol. The van der Waals surface area contributed by atoms with E-state index in [2.05, 4.69) is 16.5 Å². The monoisotopic (exact) mass is 342 g/mol. The number of piperidine rings is 1. The van der Waals surface area contributed by atoms with E-state index in [-0.39, 0.29) is 17.6 Å². The first kappa shape index (κ1) is 17.7. The Morgan fingerprint density at radius 1 is 1.32 bits per heavy atom. The summed E-state index contributed by atoms with van der Waals surface area (Å²) in [5, 5.41) is 0.587. The summed E-state index contributed by atoms with van der Waals surface area (Å²) in [5.74, 6) is -0.540. The van der Waals surface area contributed by atoms with E-state index in [0.29, 0.717) is 11.4 Å². The van der Waals surface area contributed by atoms with Gasteiger partial charge in [0.05, 0.1) is 12.1 Å². The summed E-state index contributed by atoms with van der Waals surface area (Å²) in [6.07, 6.45) is 5.26. The number of nitrogens with zero attached hydrogens (tertiary/aromatic N) is 2. The first-order valence-corrected chi connectivity index (χ1v) is 9.02. The molecule has 0 spiro atoms. The van der Waals surface area contributed by atoms with Crippen LogP contribution in [0, 0.1) is 6.92 Å². The molecule has 1 aliphatic heterocycles. The first-order valence-electron chi connectivity index (χ1n) is 9.02. The predicted octanol–water partition coefficient (Wildman–Crippen LogP) is 2.97. The van der Waals surface area contributed by atoms with Crippen molar-refractivity contribution >= 4 is 16.9 Å². The molecule has 134 valence electrons. The lowest BCUT2D eigenvalue weighted by Gasteiger charge is -2.33. The van der Waals surface area contributed by atoms with Gasteiger partial charge in [0.25, 0.3) is 0 Å². The fourth-order valence-electron chi connectivity index (χ4n) is 3.62. The van der Waals surface area contributed by atoms with Crippen molar-refractivity contribution in [2.24, 2.45) is 0 Å². The number of aryl methyl sites for hydroxylation is 1. The molecule has 5 heteroatoms. The van der Waals surface area contributed by atoms with Crippen LogP contribution in [0.5, 0.6) is 0 Å². The number of carbonyl (C=O) groups excluding carboxylic acids is 1. The van der Waals surface area contributed by atoms with Gasteiger partial charge in [0.2, 0.25) is 5.43 Å². The second kappa shape index (κ2) is 7.40. The van der Waals surface area contributed by atoms with E-state index >= 15 is 0 Å². The van der Waals surface area contributed by atoms with Gasteiger partial charge in [0.1, 0.15) is 5.56 Å². The summed E-state index contributed by atoms with van der Waals surface area (Å²) < 4.78 is 7.14. The standard InChI is InChI=1S/C20H26N2O3/c1-4-25-20(24)17-13-22(12-15-7-5-6-10-21(15)3)18-9-8-14(2)11-16(18)19(17)23/h8-9,11,13,15H,4-7,10,12H2,1-3H3. The Bertz CT molecular complexity index is 841. The summed E-state index contributed by atoms with van der Waals surface area (Å²) in [6.45, 7) is 5.82. The van der Waals surface area contributed by atoms with E-state index < -0.39 is 5.97 Å². The Morgan fingerprint density at radius 3 is 2.84 bits per heavy atom. The molecular weight excluding hydrogens is 316 g/mol. The van der Waals surface area contributed by atoms with Gasteiger partial charge >= 0.3 is 5.97 Å². The molecule has 25 heavy (non-hydrogen) atoms.